The highest BCUT2D eigenvalue weighted by molar-refractivity contribution is 14.0. The lowest BCUT2D eigenvalue weighted by Crippen LogP contribution is -2.45. The van der Waals surface area contributed by atoms with E-state index in [0.717, 1.165) is 5.76 Å². The molecule has 0 spiro atoms. The molecule has 2 N–H and O–H groups in total. The Morgan fingerprint density at radius 2 is 1.88 bits per heavy atom. The monoisotopic (exact) mass is 452 g/mol. The van der Waals surface area contributed by atoms with Gasteiger partial charge in [-0.25, -0.2) is 4.98 Å². The SMILES string of the molecule is CN=C(NCc1ncc(C(C)(C)C)o1)NCC(OC)C(C)(C)C.I. The number of hydrogen-bond acceptors (Lipinski definition) is 4. The van der Waals surface area contributed by atoms with Crippen molar-refractivity contribution in [2.24, 2.45) is 10.4 Å². The highest BCUT2D eigenvalue weighted by Crippen LogP contribution is 2.22. The van der Waals surface area contributed by atoms with E-state index in [1.807, 2.05) is 0 Å². The second-order valence-electron chi connectivity index (χ2n) is 7.77. The van der Waals surface area contributed by atoms with Crippen LogP contribution in [0.3, 0.4) is 0 Å². The number of aliphatic imine (C=N–C) groups is 1. The van der Waals surface area contributed by atoms with Gasteiger partial charge in [0.1, 0.15) is 5.76 Å². The van der Waals surface area contributed by atoms with E-state index >= 15 is 0 Å². The molecule has 0 amide bonds. The van der Waals surface area contributed by atoms with E-state index in [2.05, 4.69) is 62.2 Å². The predicted molar refractivity (Wildman–Crippen MR) is 109 cm³/mol. The van der Waals surface area contributed by atoms with Gasteiger partial charge in [0.25, 0.3) is 0 Å². The molecule has 0 aliphatic rings. The van der Waals surface area contributed by atoms with Gasteiger partial charge in [0, 0.05) is 26.1 Å². The number of guanidine groups is 1. The van der Waals surface area contributed by atoms with Crippen LogP contribution in [0.5, 0.6) is 0 Å². The quantitative estimate of drug-likeness (QED) is 0.408. The Morgan fingerprint density at radius 1 is 1.25 bits per heavy atom. The van der Waals surface area contributed by atoms with E-state index in [1.165, 1.54) is 0 Å². The lowest BCUT2D eigenvalue weighted by Gasteiger charge is -2.30. The number of nitrogens with one attached hydrogen (secondary N) is 2. The van der Waals surface area contributed by atoms with Crippen LogP contribution in [0.2, 0.25) is 0 Å². The molecule has 0 fully saturated rings. The van der Waals surface area contributed by atoms with Gasteiger partial charge >= 0.3 is 0 Å². The minimum Gasteiger partial charge on any atom is -0.443 e. The van der Waals surface area contributed by atoms with E-state index in [-0.39, 0.29) is 40.9 Å². The van der Waals surface area contributed by atoms with Crippen LogP contribution >= 0.6 is 24.0 Å². The third-order valence-corrected chi connectivity index (χ3v) is 3.63. The smallest absolute Gasteiger partial charge is 0.213 e. The third-order valence-electron chi connectivity index (χ3n) is 3.63. The number of rotatable bonds is 5. The highest BCUT2D eigenvalue weighted by atomic mass is 127. The van der Waals surface area contributed by atoms with Gasteiger partial charge in [0.05, 0.1) is 18.8 Å². The average Bonchev–Trinajstić information content (AvgIpc) is 2.90. The largest absolute Gasteiger partial charge is 0.443 e. The Kier molecular flexibility index (Phi) is 9.27. The first-order valence-electron chi connectivity index (χ1n) is 8.00. The maximum atomic E-state index is 5.76. The molecular formula is C17H33IN4O2. The molecule has 1 heterocycles. The molecule has 0 radical (unpaired) electrons. The zero-order valence-corrected chi connectivity index (χ0v) is 18.5. The highest BCUT2D eigenvalue weighted by Gasteiger charge is 2.24. The standard InChI is InChI=1S/C17H32N4O2.HI/c1-16(2,3)12(22-8)9-20-15(18-7)21-11-14-19-10-13(23-14)17(4,5)6;/h10,12H,9,11H2,1-8H3,(H2,18,20,21);1H. The maximum absolute atomic E-state index is 5.76. The molecule has 0 saturated heterocycles. The second-order valence-corrected chi connectivity index (χ2v) is 7.77. The van der Waals surface area contributed by atoms with Crippen molar-refractivity contribution in [3.8, 4) is 0 Å². The third kappa shape index (κ3) is 7.38. The minimum absolute atomic E-state index is 0. The number of oxazole rings is 1. The molecule has 1 unspecified atom stereocenters. The molecule has 1 rings (SSSR count). The summed E-state index contributed by atoms with van der Waals surface area (Å²) < 4.78 is 11.3. The summed E-state index contributed by atoms with van der Waals surface area (Å²) in [6, 6.07) is 0. The molecule has 24 heavy (non-hydrogen) atoms. The van der Waals surface area contributed by atoms with Crippen molar-refractivity contribution < 1.29 is 9.15 Å². The van der Waals surface area contributed by atoms with Crippen molar-refractivity contribution >= 4 is 29.9 Å². The molecule has 140 valence electrons. The number of hydrogen-bond donors (Lipinski definition) is 2. The summed E-state index contributed by atoms with van der Waals surface area (Å²) in [6.45, 7) is 13.9. The maximum Gasteiger partial charge on any atom is 0.213 e. The van der Waals surface area contributed by atoms with Crippen LogP contribution in [0, 0.1) is 5.41 Å². The molecular weight excluding hydrogens is 419 g/mol. The summed E-state index contributed by atoms with van der Waals surface area (Å²) in [6.07, 6.45) is 1.88. The van der Waals surface area contributed by atoms with Crippen molar-refractivity contribution in [2.45, 2.75) is 59.6 Å². The van der Waals surface area contributed by atoms with Gasteiger partial charge in [-0.3, -0.25) is 4.99 Å². The lowest BCUT2D eigenvalue weighted by molar-refractivity contribution is 0.0205. The van der Waals surface area contributed by atoms with E-state index < -0.39 is 0 Å². The number of methoxy groups -OCH3 is 1. The zero-order valence-electron chi connectivity index (χ0n) is 16.2. The van der Waals surface area contributed by atoms with Crippen molar-refractivity contribution in [1.29, 1.82) is 0 Å². The summed E-state index contributed by atoms with van der Waals surface area (Å²) in [5.41, 5.74) is 0.0222. The van der Waals surface area contributed by atoms with Gasteiger partial charge < -0.3 is 19.8 Å². The molecule has 0 aliphatic heterocycles. The Morgan fingerprint density at radius 3 is 2.29 bits per heavy atom. The Hall–Kier alpha value is -0.830. The Balaban J connectivity index is 0.00000529. The number of ether oxygens (including phenoxy) is 1. The lowest BCUT2D eigenvalue weighted by atomic mass is 9.89. The van der Waals surface area contributed by atoms with Crippen LogP contribution in [0.25, 0.3) is 0 Å². The van der Waals surface area contributed by atoms with Gasteiger partial charge in [0.15, 0.2) is 5.96 Å². The van der Waals surface area contributed by atoms with Gasteiger partial charge in [0.2, 0.25) is 5.89 Å². The number of aromatic nitrogens is 1. The Bertz CT molecular complexity index is 515. The Labute approximate surface area is 163 Å². The minimum atomic E-state index is -0.0381. The fourth-order valence-electron chi connectivity index (χ4n) is 2.05. The molecule has 1 atom stereocenters. The first kappa shape index (κ1) is 23.2. The van der Waals surface area contributed by atoms with Crippen molar-refractivity contribution in [3.63, 3.8) is 0 Å². The fraction of sp³-hybridized carbons (Fsp3) is 0.765. The topological polar surface area (TPSA) is 71.7 Å². The molecule has 6 nitrogen and oxygen atoms in total. The van der Waals surface area contributed by atoms with Crippen LogP contribution in [0.4, 0.5) is 0 Å². The molecule has 0 saturated carbocycles. The van der Waals surface area contributed by atoms with Crippen LogP contribution in [0.1, 0.15) is 53.2 Å². The summed E-state index contributed by atoms with van der Waals surface area (Å²) >= 11 is 0. The average molecular weight is 452 g/mol. The summed E-state index contributed by atoms with van der Waals surface area (Å²) in [4.78, 5) is 8.52. The van der Waals surface area contributed by atoms with Crippen molar-refractivity contribution in [3.05, 3.63) is 17.8 Å². The molecule has 1 aromatic heterocycles. The van der Waals surface area contributed by atoms with Crippen molar-refractivity contribution in [1.82, 2.24) is 15.6 Å². The van der Waals surface area contributed by atoms with Crippen LogP contribution in [-0.2, 0) is 16.7 Å². The van der Waals surface area contributed by atoms with Crippen LogP contribution < -0.4 is 10.6 Å². The second kappa shape index (κ2) is 9.60. The first-order chi connectivity index (χ1) is 10.6. The van der Waals surface area contributed by atoms with E-state index in [0.29, 0.717) is 24.9 Å². The number of nitrogens with zero attached hydrogens (tertiary/aromatic N) is 2. The fourth-order valence-corrected chi connectivity index (χ4v) is 2.05. The van der Waals surface area contributed by atoms with E-state index in [1.54, 1.807) is 20.4 Å². The van der Waals surface area contributed by atoms with Gasteiger partial charge in [-0.2, -0.15) is 0 Å². The molecule has 7 heteroatoms. The van der Waals surface area contributed by atoms with Gasteiger partial charge in [-0.15, -0.1) is 24.0 Å². The van der Waals surface area contributed by atoms with E-state index in [9.17, 15) is 0 Å². The molecule has 0 bridgehead atoms. The van der Waals surface area contributed by atoms with Gasteiger partial charge in [-0.1, -0.05) is 41.5 Å². The first-order valence-corrected chi connectivity index (χ1v) is 8.00. The summed E-state index contributed by atoms with van der Waals surface area (Å²) in [5.74, 6) is 2.23. The normalized spacial score (nSPS) is 14.1. The summed E-state index contributed by atoms with van der Waals surface area (Å²) in [7, 11) is 3.47. The molecule has 0 aliphatic carbocycles. The van der Waals surface area contributed by atoms with Crippen LogP contribution in [0.15, 0.2) is 15.6 Å². The van der Waals surface area contributed by atoms with Gasteiger partial charge in [-0.05, 0) is 5.41 Å². The molecule has 1 aromatic rings. The number of halogens is 1. The molecule has 0 aromatic carbocycles. The summed E-state index contributed by atoms with van der Waals surface area (Å²) in [5, 5.41) is 6.49. The van der Waals surface area contributed by atoms with Crippen molar-refractivity contribution in [2.75, 3.05) is 20.7 Å². The zero-order chi connectivity index (χ0) is 17.7. The van der Waals surface area contributed by atoms with Crippen LogP contribution in [-0.4, -0.2) is 37.7 Å². The van der Waals surface area contributed by atoms with E-state index in [4.69, 9.17) is 9.15 Å². The predicted octanol–water partition coefficient (Wildman–Crippen LogP) is 3.32.